The van der Waals surface area contributed by atoms with Gasteiger partial charge in [0, 0.05) is 6.42 Å². The van der Waals surface area contributed by atoms with Gasteiger partial charge in [0.25, 0.3) is 11.3 Å². The number of aliphatic hydroxyl groups excluding tert-OH is 1. The van der Waals surface area contributed by atoms with Crippen LogP contribution in [0.1, 0.15) is 12.6 Å². The molecule has 3 heterocycles. The van der Waals surface area contributed by atoms with Crippen molar-refractivity contribution in [2.75, 3.05) is 5.73 Å². The van der Waals surface area contributed by atoms with Gasteiger partial charge in [0.05, 0.1) is 6.54 Å². The number of aromatic nitrogens is 4. The number of nitrogens with one attached hydrogen (secondary N) is 1. The summed E-state index contributed by atoms with van der Waals surface area (Å²) in [7, 11) is 0. The number of carbonyl (C=O) groups excluding carboxylic acids is 1. The third kappa shape index (κ3) is 2.98. The van der Waals surface area contributed by atoms with Crippen LogP contribution in [0.3, 0.4) is 0 Å². The molecule has 0 unspecified atom stereocenters. The summed E-state index contributed by atoms with van der Waals surface area (Å²) >= 11 is 0. The van der Waals surface area contributed by atoms with Crippen molar-refractivity contribution in [3.8, 4) is 12.3 Å². The Morgan fingerprint density at radius 2 is 2.15 bits per heavy atom. The molecular formula is C14H12F3N5O5. The third-order valence-electron chi connectivity index (χ3n) is 3.99. The second kappa shape index (κ2) is 6.25. The summed E-state index contributed by atoms with van der Waals surface area (Å²) in [6.45, 7) is -0.356. The summed E-state index contributed by atoms with van der Waals surface area (Å²) in [5.74, 6) is -0.427. The molecule has 3 rings (SSSR count). The smallest absolute Gasteiger partial charge is 0.388 e. The number of nitrogens with zero attached hydrogens (tertiary/aromatic N) is 3. The van der Waals surface area contributed by atoms with Crippen LogP contribution in [0.25, 0.3) is 11.2 Å². The number of ketones is 1. The van der Waals surface area contributed by atoms with Crippen molar-refractivity contribution in [2.24, 2.45) is 0 Å². The summed E-state index contributed by atoms with van der Waals surface area (Å²) in [6.07, 6.45) is -6.05. The molecule has 0 bridgehead atoms. The number of hydrogen-bond acceptors (Lipinski definition) is 7. The Bertz CT molecular complexity index is 1080. The third-order valence-corrected chi connectivity index (χ3v) is 3.99. The minimum absolute atomic E-state index is 0.298. The van der Waals surface area contributed by atoms with Crippen molar-refractivity contribution in [3.05, 3.63) is 20.8 Å². The Morgan fingerprint density at radius 3 is 2.74 bits per heavy atom. The first-order valence-corrected chi connectivity index (χ1v) is 7.44. The molecule has 1 fully saturated rings. The highest BCUT2D eigenvalue weighted by atomic mass is 19.4. The average molecular weight is 387 g/mol. The number of H-pyrrole nitrogens is 1. The van der Waals surface area contributed by atoms with Gasteiger partial charge in [0.1, 0.15) is 12.2 Å². The lowest BCUT2D eigenvalue weighted by atomic mass is 10.1. The lowest BCUT2D eigenvalue weighted by Gasteiger charge is -2.16. The molecule has 10 nitrogen and oxygen atoms in total. The summed E-state index contributed by atoms with van der Waals surface area (Å²) in [5.41, 5.74) is 3.03. The minimum atomic E-state index is -5.18. The molecule has 0 radical (unpaired) electrons. The van der Waals surface area contributed by atoms with E-state index in [-0.39, 0.29) is 23.7 Å². The van der Waals surface area contributed by atoms with Gasteiger partial charge in [-0.1, -0.05) is 5.92 Å². The van der Waals surface area contributed by atoms with E-state index in [1.54, 1.807) is 0 Å². The van der Waals surface area contributed by atoms with Gasteiger partial charge in [-0.15, -0.1) is 6.42 Å². The zero-order valence-corrected chi connectivity index (χ0v) is 13.4. The highest BCUT2D eigenvalue weighted by molar-refractivity contribution is 5.88. The van der Waals surface area contributed by atoms with E-state index in [0.29, 0.717) is 4.57 Å². The second-order valence-corrected chi connectivity index (χ2v) is 5.75. The maximum Gasteiger partial charge on any atom is 0.452 e. The Labute approximate surface area is 147 Å². The van der Waals surface area contributed by atoms with Crippen molar-refractivity contribution in [2.45, 2.75) is 37.6 Å². The zero-order valence-electron chi connectivity index (χ0n) is 13.4. The topological polar surface area (TPSA) is 145 Å². The number of nitrogen functional groups attached to an aromatic ring is 1. The maximum atomic E-state index is 12.6. The van der Waals surface area contributed by atoms with Crippen LogP contribution in [0, 0.1) is 12.3 Å². The van der Waals surface area contributed by atoms with Gasteiger partial charge in [0.2, 0.25) is 5.95 Å². The first-order chi connectivity index (χ1) is 12.6. The molecule has 0 aromatic carbocycles. The number of fused-ring (bicyclic) bond motifs is 1. The number of rotatable bonds is 3. The molecule has 2 aromatic heterocycles. The van der Waals surface area contributed by atoms with Crippen molar-refractivity contribution in [1.82, 2.24) is 19.1 Å². The molecule has 0 spiro atoms. The number of aromatic amines is 1. The molecule has 13 heteroatoms. The standard InChI is InChI=1S/C14H12F3N5O5/c1-2-3-21-7-9(19-12(18)20-10(7)25)22(13(21)26)11-5(23)4-6(27-11)8(24)14(15,16)17/h1,5-6,11,23H,3-4H2,(H3,18,19,20,25)/t5-,6+,11-/m1/s1. The van der Waals surface area contributed by atoms with E-state index < -0.39 is 48.1 Å². The van der Waals surface area contributed by atoms with Crippen molar-refractivity contribution < 1.29 is 27.8 Å². The van der Waals surface area contributed by atoms with E-state index in [1.165, 1.54) is 0 Å². The van der Waals surface area contributed by atoms with Crippen molar-refractivity contribution in [1.29, 1.82) is 0 Å². The van der Waals surface area contributed by atoms with Crippen LogP contribution < -0.4 is 17.0 Å². The van der Waals surface area contributed by atoms with Gasteiger partial charge in [-0.05, 0) is 0 Å². The fourth-order valence-corrected chi connectivity index (χ4v) is 2.90. The summed E-state index contributed by atoms with van der Waals surface area (Å²) in [4.78, 5) is 42.1. The monoisotopic (exact) mass is 387 g/mol. The largest absolute Gasteiger partial charge is 0.452 e. The number of imidazole rings is 1. The molecule has 27 heavy (non-hydrogen) atoms. The lowest BCUT2D eigenvalue weighted by molar-refractivity contribution is -0.183. The molecule has 0 amide bonds. The summed E-state index contributed by atoms with van der Waals surface area (Å²) < 4.78 is 44.3. The van der Waals surface area contributed by atoms with Gasteiger partial charge >= 0.3 is 11.9 Å². The number of carbonyl (C=O) groups is 1. The van der Waals surface area contributed by atoms with Crippen LogP contribution in [0.2, 0.25) is 0 Å². The van der Waals surface area contributed by atoms with Crippen molar-refractivity contribution in [3.63, 3.8) is 0 Å². The SMILES string of the molecule is C#CCn1c(=O)n([C@@H]2O[C@H](C(=O)C(F)(F)F)C[C@H]2O)c2nc(N)[nH]c(=O)c21. The Balaban J connectivity index is 2.17. The van der Waals surface area contributed by atoms with E-state index in [2.05, 4.69) is 15.9 Å². The molecule has 2 aromatic rings. The number of hydrogen-bond donors (Lipinski definition) is 3. The van der Waals surface area contributed by atoms with Crippen LogP contribution in [0.5, 0.6) is 0 Å². The fraction of sp³-hybridized carbons (Fsp3) is 0.429. The molecule has 1 aliphatic heterocycles. The first-order valence-electron chi connectivity index (χ1n) is 7.44. The normalized spacial score (nSPS) is 22.9. The van der Waals surface area contributed by atoms with Gasteiger partial charge in [0.15, 0.2) is 17.4 Å². The molecule has 144 valence electrons. The highest BCUT2D eigenvalue weighted by Crippen LogP contribution is 2.33. The van der Waals surface area contributed by atoms with Crippen LogP contribution in [-0.2, 0) is 16.1 Å². The molecular weight excluding hydrogens is 375 g/mol. The molecule has 1 saturated heterocycles. The van der Waals surface area contributed by atoms with E-state index in [4.69, 9.17) is 16.9 Å². The fourth-order valence-electron chi connectivity index (χ4n) is 2.90. The van der Waals surface area contributed by atoms with E-state index in [0.717, 1.165) is 4.57 Å². The Hall–Kier alpha value is -3.11. The molecule has 0 saturated carbocycles. The van der Waals surface area contributed by atoms with Gasteiger partial charge in [-0.3, -0.25) is 19.1 Å². The highest BCUT2D eigenvalue weighted by Gasteiger charge is 2.50. The lowest BCUT2D eigenvalue weighted by Crippen LogP contribution is -2.35. The minimum Gasteiger partial charge on any atom is -0.388 e. The number of halogens is 3. The summed E-state index contributed by atoms with van der Waals surface area (Å²) in [5, 5.41) is 10.1. The van der Waals surface area contributed by atoms with Crippen LogP contribution >= 0.6 is 0 Å². The Morgan fingerprint density at radius 1 is 1.48 bits per heavy atom. The number of anilines is 1. The Kier molecular flexibility index (Phi) is 4.32. The van der Waals surface area contributed by atoms with Gasteiger partial charge < -0.3 is 15.6 Å². The molecule has 0 aliphatic carbocycles. The van der Waals surface area contributed by atoms with Crippen molar-refractivity contribution >= 4 is 22.9 Å². The predicted molar refractivity (Wildman–Crippen MR) is 83.5 cm³/mol. The van der Waals surface area contributed by atoms with E-state index in [9.17, 15) is 32.7 Å². The van der Waals surface area contributed by atoms with Gasteiger partial charge in [-0.2, -0.15) is 18.2 Å². The molecule has 3 atom stereocenters. The molecule has 4 N–H and O–H groups in total. The summed E-state index contributed by atoms with van der Waals surface area (Å²) in [6, 6.07) is 0. The first kappa shape index (κ1) is 18.7. The number of ether oxygens (including phenoxy) is 1. The maximum absolute atomic E-state index is 12.6. The zero-order chi connectivity index (χ0) is 20.1. The second-order valence-electron chi connectivity index (χ2n) is 5.75. The average Bonchev–Trinajstić information content (AvgIpc) is 3.04. The van der Waals surface area contributed by atoms with E-state index in [1.807, 2.05) is 0 Å². The predicted octanol–water partition coefficient (Wildman–Crippen LogP) is -1.12. The number of Topliss-reactive ketones (excluding diaryl/α,β-unsaturated/α-hetero) is 1. The van der Waals surface area contributed by atoms with Gasteiger partial charge in [-0.25, -0.2) is 9.36 Å². The van der Waals surface area contributed by atoms with E-state index >= 15 is 0 Å². The number of aliphatic hydroxyl groups is 1. The molecule has 1 aliphatic rings. The van der Waals surface area contributed by atoms with Crippen LogP contribution in [0.15, 0.2) is 9.59 Å². The van der Waals surface area contributed by atoms with Crippen LogP contribution in [-0.4, -0.2) is 48.4 Å². The number of alkyl halides is 3. The quantitative estimate of drug-likeness (QED) is 0.566. The number of nitrogens with two attached hydrogens (primary N) is 1. The number of terminal acetylenes is 1. The van der Waals surface area contributed by atoms with Crippen LogP contribution in [0.4, 0.5) is 19.1 Å².